The smallest absolute Gasteiger partial charge is 0.141 e. The minimum Gasteiger partial charge on any atom is -0.379 e. The van der Waals surface area contributed by atoms with E-state index < -0.39 is 0 Å². The van der Waals surface area contributed by atoms with E-state index in [4.69, 9.17) is 4.74 Å². The Morgan fingerprint density at radius 1 is 0.955 bits per heavy atom. The number of benzene rings is 1. The van der Waals surface area contributed by atoms with Gasteiger partial charge in [0.05, 0.1) is 13.2 Å². The Balaban J connectivity index is 1.63. The van der Waals surface area contributed by atoms with E-state index in [9.17, 15) is 4.79 Å². The van der Waals surface area contributed by atoms with Gasteiger partial charge in [-0.05, 0) is 30.7 Å². The third-order valence-corrected chi connectivity index (χ3v) is 5.95. The number of fused-ring (bicyclic) bond motifs is 2. The summed E-state index contributed by atoms with van der Waals surface area (Å²) in [4.78, 5) is 15.5. The van der Waals surface area contributed by atoms with Crippen molar-refractivity contribution >= 4 is 5.78 Å². The summed E-state index contributed by atoms with van der Waals surface area (Å²) in [7, 11) is 0. The predicted molar refractivity (Wildman–Crippen MR) is 85.8 cm³/mol. The van der Waals surface area contributed by atoms with Crippen molar-refractivity contribution in [1.82, 2.24) is 4.90 Å². The van der Waals surface area contributed by atoms with E-state index in [1.165, 1.54) is 12.0 Å². The lowest BCUT2D eigenvalue weighted by Gasteiger charge is -2.48. The fraction of sp³-hybridized carbons (Fsp3) is 0.632. The number of ether oxygens (including phenoxy) is 1. The molecule has 3 heteroatoms. The third-order valence-electron chi connectivity index (χ3n) is 5.95. The number of hydrogen-bond acceptors (Lipinski definition) is 3. The number of hydrogen-bond donors (Lipinski definition) is 0. The van der Waals surface area contributed by atoms with Crippen molar-refractivity contribution in [2.45, 2.75) is 37.6 Å². The Hall–Kier alpha value is -1.19. The van der Waals surface area contributed by atoms with Crippen LogP contribution in [0.2, 0.25) is 0 Å². The maximum Gasteiger partial charge on any atom is 0.141 e. The molecule has 3 fully saturated rings. The molecule has 3 aliphatic rings. The molecule has 1 saturated heterocycles. The van der Waals surface area contributed by atoms with Crippen LogP contribution in [-0.4, -0.2) is 43.0 Å². The molecule has 2 bridgehead atoms. The molecule has 1 aromatic rings. The largest absolute Gasteiger partial charge is 0.379 e. The van der Waals surface area contributed by atoms with E-state index in [0.29, 0.717) is 17.7 Å². The molecule has 1 heterocycles. The molecule has 1 aliphatic heterocycles. The quantitative estimate of drug-likeness (QED) is 0.841. The van der Waals surface area contributed by atoms with Crippen LogP contribution in [0.15, 0.2) is 30.3 Å². The second-order valence-corrected chi connectivity index (χ2v) is 7.01. The van der Waals surface area contributed by atoms with Gasteiger partial charge in [0, 0.05) is 31.0 Å². The molecule has 2 aliphatic carbocycles. The maximum absolute atomic E-state index is 13.0. The van der Waals surface area contributed by atoms with Crippen molar-refractivity contribution in [2.75, 3.05) is 26.3 Å². The van der Waals surface area contributed by atoms with Gasteiger partial charge in [-0.3, -0.25) is 9.69 Å². The number of ketones is 1. The van der Waals surface area contributed by atoms with Crippen molar-refractivity contribution in [1.29, 1.82) is 0 Å². The van der Waals surface area contributed by atoms with Gasteiger partial charge >= 0.3 is 0 Å². The van der Waals surface area contributed by atoms with E-state index in [2.05, 4.69) is 35.2 Å². The summed E-state index contributed by atoms with van der Waals surface area (Å²) >= 11 is 0. The van der Waals surface area contributed by atoms with Crippen molar-refractivity contribution in [3.8, 4) is 0 Å². The van der Waals surface area contributed by atoms with Crippen molar-refractivity contribution in [3.63, 3.8) is 0 Å². The predicted octanol–water partition coefficient (Wildman–Crippen LogP) is 2.86. The first-order valence-electron chi connectivity index (χ1n) is 8.75. The minimum absolute atomic E-state index is 0.262. The number of carbonyl (C=O) groups excluding carboxylic acids is 1. The lowest BCUT2D eigenvalue weighted by molar-refractivity contribution is -0.138. The molecule has 1 aromatic carbocycles. The average molecular weight is 299 g/mol. The molecule has 3 nitrogen and oxygen atoms in total. The molecule has 4 atom stereocenters. The monoisotopic (exact) mass is 299 g/mol. The van der Waals surface area contributed by atoms with Crippen LogP contribution in [0.4, 0.5) is 0 Å². The second kappa shape index (κ2) is 6.13. The van der Waals surface area contributed by atoms with Gasteiger partial charge < -0.3 is 4.74 Å². The third kappa shape index (κ3) is 2.50. The van der Waals surface area contributed by atoms with Gasteiger partial charge in [0.2, 0.25) is 0 Å². The average Bonchev–Trinajstić information content (AvgIpc) is 2.57. The van der Waals surface area contributed by atoms with Gasteiger partial charge in [-0.15, -0.1) is 0 Å². The summed E-state index contributed by atoms with van der Waals surface area (Å²) in [6.45, 7) is 3.61. The van der Waals surface area contributed by atoms with E-state index in [-0.39, 0.29) is 11.8 Å². The molecule has 0 N–H and O–H groups in total. The Morgan fingerprint density at radius 2 is 1.68 bits per heavy atom. The van der Waals surface area contributed by atoms with Gasteiger partial charge in [-0.1, -0.05) is 36.8 Å². The lowest BCUT2D eigenvalue weighted by atomic mass is 9.61. The van der Waals surface area contributed by atoms with Crippen molar-refractivity contribution in [2.24, 2.45) is 11.8 Å². The highest BCUT2D eigenvalue weighted by molar-refractivity contribution is 5.86. The summed E-state index contributed by atoms with van der Waals surface area (Å²) in [6, 6.07) is 11.1. The number of carbonyl (C=O) groups is 1. The Labute approximate surface area is 132 Å². The molecule has 22 heavy (non-hydrogen) atoms. The summed E-state index contributed by atoms with van der Waals surface area (Å²) in [6.07, 6.45) is 4.54. The number of nitrogens with zero attached hydrogens (tertiary/aromatic N) is 1. The zero-order valence-corrected chi connectivity index (χ0v) is 13.1. The molecule has 118 valence electrons. The Bertz CT molecular complexity index is 523. The summed E-state index contributed by atoms with van der Waals surface area (Å²) < 4.78 is 5.51. The van der Waals surface area contributed by atoms with Gasteiger partial charge in [0.1, 0.15) is 5.78 Å². The molecule has 2 saturated carbocycles. The molecule has 4 rings (SSSR count). The highest BCUT2D eigenvalue weighted by atomic mass is 16.5. The highest BCUT2D eigenvalue weighted by Crippen LogP contribution is 2.47. The summed E-state index contributed by atoms with van der Waals surface area (Å²) in [5.41, 5.74) is 1.36. The molecular formula is C19H25NO2. The zero-order valence-electron chi connectivity index (χ0n) is 13.1. The summed E-state index contributed by atoms with van der Waals surface area (Å²) in [5, 5.41) is 0. The zero-order chi connectivity index (χ0) is 14.9. The van der Waals surface area contributed by atoms with Crippen LogP contribution in [0.1, 0.15) is 37.2 Å². The van der Waals surface area contributed by atoms with Crippen LogP contribution in [0.5, 0.6) is 0 Å². The number of morpholine rings is 1. The van der Waals surface area contributed by atoms with E-state index in [0.717, 1.165) is 45.6 Å². The highest BCUT2D eigenvalue weighted by Gasteiger charge is 2.47. The number of rotatable bonds is 2. The van der Waals surface area contributed by atoms with Crippen LogP contribution in [-0.2, 0) is 9.53 Å². The SMILES string of the molecule is O=C1[C@H]2CCC[C@@H]1[C@H](N1CCOCC1)C[C@@H]2c1ccccc1. The topological polar surface area (TPSA) is 29.5 Å². The van der Waals surface area contributed by atoms with Crippen LogP contribution >= 0.6 is 0 Å². The molecule has 0 amide bonds. The van der Waals surface area contributed by atoms with E-state index in [1.807, 2.05) is 0 Å². The Morgan fingerprint density at radius 3 is 2.45 bits per heavy atom. The van der Waals surface area contributed by atoms with E-state index in [1.54, 1.807) is 0 Å². The summed E-state index contributed by atoms with van der Waals surface area (Å²) in [5.74, 6) is 1.50. The van der Waals surface area contributed by atoms with Crippen LogP contribution in [0.25, 0.3) is 0 Å². The van der Waals surface area contributed by atoms with Crippen molar-refractivity contribution in [3.05, 3.63) is 35.9 Å². The normalized spacial score (nSPS) is 36.3. The molecule has 0 unspecified atom stereocenters. The fourth-order valence-electron chi connectivity index (χ4n) is 4.87. The standard InChI is InChI=1S/C19H25NO2/c21-19-15-7-4-8-16(19)18(20-9-11-22-12-10-20)13-17(15)14-5-2-1-3-6-14/h1-3,5-6,15-18H,4,7-13H2/t15-,16+,17+,18+/m0/s1. The molecule has 0 radical (unpaired) electrons. The molecular weight excluding hydrogens is 274 g/mol. The van der Waals surface area contributed by atoms with E-state index >= 15 is 0 Å². The van der Waals surface area contributed by atoms with Gasteiger partial charge in [0.15, 0.2) is 0 Å². The maximum atomic E-state index is 13.0. The minimum atomic E-state index is 0.262. The first-order valence-corrected chi connectivity index (χ1v) is 8.75. The van der Waals surface area contributed by atoms with Gasteiger partial charge in [0.25, 0.3) is 0 Å². The molecule has 0 aromatic heterocycles. The molecule has 0 spiro atoms. The number of Topliss-reactive ketones (excluding diaryl/α,β-unsaturated/α-hetero) is 1. The van der Waals surface area contributed by atoms with Gasteiger partial charge in [-0.25, -0.2) is 0 Å². The van der Waals surface area contributed by atoms with Gasteiger partial charge in [-0.2, -0.15) is 0 Å². The van der Waals surface area contributed by atoms with Crippen LogP contribution < -0.4 is 0 Å². The first-order chi connectivity index (χ1) is 10.8. The van der Waals surface area contributed by atoms with Crippen molar-refractivity contribution < 1.29 is 9.53 Å². The first kappa shape index (κ1) is 14.4. The Kier molecular flexibility index (Phi) is 4.01. The van der Waals surface area contributed by atoms with Crippen LogP contribution in [0, 0.1) is 11.8 Å². The second-order valence-electron chi connectivity index (χ2n) is 7.01. The lowest BCUT2D eigenvalue weighted by Crippen LogP contribution is -2.55. The fourth-order valence-corrected chi connectivity index (χ4v) is 4.87. The van der Waals surface area contributed by atoms with Crippen LogP contribution in [0.3, 0.4) is 0 Å².